The van der Waals surface area contributed by atoms with Crippen molar-refractivity contribution in [2.75, 3.05) is 6.54 Å². The molecule has 0 aliphatic heterocycles. The number of rotatable bonds is 3. The molecule has 0 radical (unpaired) electrons. The number of hydrogen-bond donors (Lipinski definition) is 2. The van der Waals surface area contributed by atoms with Crippen molar-refractivity contribution < 1.29 is 14.3 Å². The molecule has 4 heteroatoms. The molecule has 18 heavy (non-hydrogen) atoms. The first-order chi connectivity index (χ1) is 8.43. The van der Waals surface area contributed by atoms with Crippen LogP contribution in [0.25, 0.3) is 0 Å². The van der Waals surface area contributed by atoms with E-state index in [1.807, 2.05) is 0 Å². The van der Waals surface area contributed by atoms with Crippen molar-refractivity contribution in [1.82, 2.24) is 0 Å². The summed E-state index contributed by atoms with van der Waals surface area (Å²) in [7, 11) is 0. The molecule has 0 spiro atoms. The quantitative estimate of drug-likeness (QED) is 0.762. The summed E-state index contributed by atoms with van der Waals surface area (Å²) in [5, 5.41) is 7.42. The molecule has 3 N–H and O–H groups in total. The third-order valence-corrected chi connectivity index (χ3v) is 4.29. The van der Waals surface area contributed by atoms with E-state index in [9.17, 15) is 4.39 Å². The molecule has 3 atom stereocenters. The minimum absolute atomic E-state index is 0.701. The van der Waals surface area contributed by atoms with E-state index in [-0.39, 0.29) is 0 Å². The molecule has 3 rings (SSSR count). The van der Waals surface area contributed by atoms with Gasteiger partial charge in [0.05, 0.1) is 0 Å². The average molecular weight is 255 g/mol. The second-order valence-corrected chi connectivity index (χ2v) is 5.94. The number of fused-ring (bicyclic) bond motifs is 1. The van der Waals surface area contributed by atoms with Gasteiger partial charge >= 0.3 is 0 Å². The minimum atomic E-state index is -0.833. The van der Waals surface area contributed by atoms with Crippen LogP contribution in [0.4, 0.5) is 4.39 Å². The Kier molecular flexibility index (Phi) is 3.76. The predicted octanol–water partition coefficient (Wildman–Crippen LogP) is 2.51. The lowest BCUT2D eigenvalue weighted by molar-refractivity contribution is -0.134. The first kappa shape index (κ1) is 13.5. The van der Waals surface area contributed by atoms with Crippen molar-refractivity contribution >= 4 is 5.97 Å². The predicted molar refractivity (Wildman–Crippen MR) is 67.8 cm³/mol. The smallest absolute Gasteiger partial charge is 0.300 e. The maximum Gasteiger partial charge on any atom is 0.300 e. The van der Waals surface area contributed by atoms with Crippen LogP contribution in [0, 0.1) is 17.8 Å². The second kappa shape index (κ2) is 5.00. The van der Waals surface area contributed by atoms with E-state index in [0.29, 0.717) is 11.8 Å². The molecule has 2 saturated carbocycles. The molecule has 102 valence electrons. The van der Waals surface area contributed by atoms with Crippen LogP contribution in [0.5, 0.6) is 0 Å². The van der Waals surface area contributed by atoms with Crippen LogP contribution in [-0.4, -0.2) is 23.3 Å². The van der Waals surface area contributed by atoms with Crippen LogP contribution in [0.15, 0.2) is 11.6 Å². The standard InChI is InChI=1S/C12H18FN.C2H4O2/c13-12(1-2-12)6-8-3-9-5-10(7-14)11(9)4-8;1-2(3)4/h4,9-11H,1-3,5-7,14H2;1H3,(H,3,4). The highest BCUT2D eigenvalue weighted by molar-refractivity contribution is 5.62. The van der Waals surface area contributed by atoms with Crippen LogP contribution in [-0.2, 0) is 4.79 Å². The molecule has 0 aromatic carbocycles. The number of carboxylic acids is 1. The second-order valence-electron chi connectivity index (χ2n) is 5.94. The van der Waals surface area contributed by atoms with Gasteiger partial charge in [-0.2, -0.15) is 0 Å². The molecular formula is C14H22FNO2. The summed E-state index contributed by atoms with van der Waals surface area (Å²) in [5.74, 6) is 1.39. The lowest BCUT2D eigenvalue weighted by atomic mass is 9.66. The Morgan fingerprint density at radius 2 is 2.22 bits per heavy atom. The zero-order valence-corrected chi connectivity index (χ0v) is 10.9. The number of aliphatic carboxylic acids is 1. The summed E-state index contributed by atoms with van der Waals surface area (Å²) in [6, 6.07) is 0. The highest BCUT2D eigenvalue weighted by Crippen LogP contribution is 2.53. The number of carbonyl (C=O) groups is 1. The van der Waals surface area contributed by atoms with E-state index >= 15 is 0 Å². The number of alkyl halides is 1. The normalized spacial score (nSPS) is 34.6. The largest absolute Gasteiger partial charge is 0.481 e. The molecule has 0 aromatic rings. The molecular weight excluding hydrogens is 233 g/mol. The van der Waals surface area contributed by atoms with Crippen molar-refractivity contribution in [3.63, 3.8) is 0 Å². The minimum Gasteiger partial charge on any atom is -0.481 e. The fourth-order valence-corrected chi connectivity index (χ4v) is 3.16. The van der Waals surface area contributed by atoms with Crippen molar-refractivity contribution in [1.29, 1.82) is 0 Å². The number of halogens is 1. The molecule has 3 unspecified atom stereocenters. The Morgan fingerprint density at radius 3 is 2.72 bits per heavy atom. The van der Waals surface area contributed by atoms with Gasteiger partial charge < -0.3 is 10.8 Å². The van der Waals surface area contributed by atoms with Crippen molar-refractivity contribution in [2.45, 2.75) is 44.7 Å². The first-order valence-electron chi connectivity index (χ1n) is 6.71. The number of allylic oxidation sites excluding steroid dienone is 2. The molecule has 3 aliphatic rings. The number of nitrogens with two attached hydrogens (primary N) is 1. The van der Waals surface area contributed by atoms with E-state index in [2.05, 4.69) is 6.08 Å². The van der Waals surface area contributed by atoms with Crippen LogP contribution in [0.3, 0.4) is 0 Å². The SMILES string of the molecule is CC(=O)O.NCC1CC2CC(CC3(F)CC3)=CC12. The van der Waals surface area contributed by atoms with Gasteiger partial charge in [-0.3, -0.25) is 4.79 Å². The lowest BCUT2D eigenvalue weighted by Gasteiger charge is -2.39. The molecule has 0 bridgehead atoms. The van der Waals surface area contributed by atoms with Gasteiger partial charge in [0.25, 0.3) is 5.97 Å². The van der Waals surface area contributed by atoms with Gasteiger partial charge in [0, 0.05) is 13.3 Å². The monoisotopic (exact) mass is 255 g/mol. The molecule has 3 nitrogen and oxygen atoms in total. The summed E-state index contributed by atoms with van der Waals surface area (Å²) < 4.78 is 13.5. The van der Waals surface area contributed by atoms with Crippen LogP contribution in [0.2, 0.25) is 0 Å². The molecule has 3 aliphatic carbocycles. The Morgan fingerprint density at radius 1 is 1.61 bits per heavy atom. The Hall–Kier alpha value is -0.900. The topological polar surface area (TPSA) is 63.3 Å². The van der Waals surface area contributed by atoms with Crippen molar-refractivity contribution in [3.05, 3.63) is 11.6 Å². The van der Waals surface area contributed by atoms with Gasteiger partial charge in [-0.1, -0.05) is 11.6 Å². The Bertz CT molecular complexity index is 359. The van der Waals surface area contributed by atoms with Crippen LogP contribution in [0.1, 0.15) is 39.0 Å². The molecule has 0 heterocycles. The van der Waals surface area contributed by atoms with Crippen LogP contribution < -0.4 is 5.73 Å². The van der Waals surface area contributed by atoms with Gasteiger partial charge in [-0.25, -0.2) is 4.39 Å². The fraction of sp³-hybridized carbons (Fsp3) is 0.786. The first-order valence-corrected chi connectivity index (χ1v) is 6.71. The Labute approximate surface area is 107 Å². The molecule has 2 fully saturated rings. The maximum absolute atomic E-state index is 13.5. The summed E-state index contributed by atoms with van der Waals surface area (Å²) in [5.41, 5.74) is 6.26. The maximum atomic E-state index is 13.5. The van der Waals surface area contributed by atoms with E-state index in [1.54, 1.807) is 0 Å². The Balaban J connectivity index is 0.000000267. The molecule has 0 aromatic heterocycles. The zero-order chi connectivity index (χ0) is 13.3. The van der Waals surface area contributed by atoms with Gasteiger partial charge in [-0.15, -0.1) is 0 Å². The van der Waals surface area contributed by atoms with E-state index in [1.165, 1.54) is 12.0 Å². The summed E-state index contributed by atoms with van der Waals surface area (Å²) in [4.78, 5) is 9.00. The third kappa shape index (κ3) is 3.10. The van der Waals surface area contributed by atoms with Crippen molar-refractivity contribution in [2.24, 2.45) is 23.5 Å². The van der Waals surface area contributed by atoms with E-state index in [4.69, 9.17) is 15.6 Å². The van der Waals surface area contributed by atoms with Crippen LogP contribution >= 0.6 is 0 Å². The summed E-state index contributed by atoms with van der Waals surface area (Å²) >= 11 is 0. The lowest BCUT2D eigenvalue weighted by Crippen LogP contribution is -2.37. The summed E-state index contributed by atoms with van der Waals surface area (Å²) in [6.07, 6.45) is 7.08. The average Bonchev–Trinajstić information content (AvgIpc) is 2.88. The number of hydrogen-bond acceptors (Lipinski definition) is 2. The van der Waals surface area contributed by atoms with E-state index < -0.39 is 11.6 Å². The molecule has 0 saturated heterocycles. The molecule has 0 amide bonds. The van der Waals surface area contributed by atoms with Gasteiger partial charge in [0.1, 0.15) is 5.67 Å². The highest BCUT2D eigenvalue weighted by atomic mass is 19.1. The number of carboxylic acid groups (broad SMARTS) is 1. The van der Waals surface area contributed by atoms with Gasteiger partial charge in [-0.05, 0) is 50.0 Å². The fourth-order valence-electron chi connectivity index (χ4n) is 3.16. The van der Waals surface area contributed by atoms with Gasteiger partial charge in [0.2, 0.25) is 0 Å². The summed E-state index contributed by atoms with van der Waals surface area (Å²) in [6.45, 7) is 1.89. The highest BCUT2D eigenvalue weighted by Gasteiger charge is 2.47. The van der Waals surface area contributed by atoms with Crippen molar-refractivity contribution in [3.8, 4) is 0 Å². The van der Waals surface area contributed by atoms with Gasteiger partial charge in [0.15, 0.2) is 0 Å². The van der Waals surface area contributed by atoms with E-state index in [0.717, 1.165) is 45.1 Å². The zero-order valence-electron chi connectivity index (χ0n) is 10.9. The third-order valence-electron chi connectivity index (χ3n) is 4.29.